The van der Waals surface area contributed by atoms with Crippen molar-refractivity contribution in [3.63, 3.8) is 0 Å². The van der Waals surface area contributed by atoms with Crippen LogP contribution >= 0.6 is 15.9 Å². The second kappa shape index (κ2) is 7.72. The molecule has 1 aromatic heterocycles. The van der Waals surface area contributed by atoms with E-state index in [9.17, 15) is 4.39 Å². The van der Waals surface area contributed by atoms with Crippen molar-refractivity contribution >= 4 is 15.9 Å². The topological polar surface area (TPSA) is 29.9 Å². The number of nitrogens with zero attached hydrogens (tertiary/aromatic N) is 2. The first-order valence-corrected chi connectivity index (χ1v) is 9.76. The zero-order chi connectivity index (χ0) is 17.9. The highest BCUT2D eigenvalue weighted by molar-refractivity contribution is 9.10. The highest BCUT2D eigenvalue weighted by atomic mass is 79.9. The lowest BCUT2D eigenvalue weighted by atomic mass is 9.92. The third-order valence-electron chi connectivity index (χ3n) is 4.98. The van der Waals surface area contributed by atoms with Gasteiger partial charge in [0.25, 0.3) is 0 Å². The second-order valence-corrected chi connectivity index (χ2v) is 7.67. The monoisotopic (exact) mass is 413 g/mol. The quantitative estimate of drug-likeness (QED) is 0.637. The van der Waals surface area contributed by atoms with Gasteiger partial charge in [-0.25, -0.2) is 4.39 Å². The number of nitrogens with one attached hydrogen (secondary N) is 1. The lowest BCUT2D eigenvalue weighted by Crippen LogP contribution is -2.25. The van der Waals surface area contributed by atoms with E-state index in [1.807, 2.05) is 18.3 Å². The van der Waals surface area contributed by atoms with Crippen molar-refractivity contribution in [2.75, 3.05) is 0 Å². The van der Waals surface area contributed by atoms with Gasteiger partial charge in [0, 0.05) is 33.9 Å². The molecule has 0 bridgehead atoms. The van der Waals surface area contributed by atoms with Crippen molar-refractivity contribution in [1.82, 2.24) is 15.1 Å². The van der Waals surface area contributed by atoms with E-state index in [0.29, 0.717) is 12.1 Å². The van der Waals surface area contributed by atoms with Crippen molar-refractivity contribution in [2.45, 2.75) is 38.4 Å². The Hall–Kier alpha value is -1.98. The highest BCUT2D eigenvalue weighted by Crippen LogP contribution is 2.30. The minimum absolute atomic E-state index is 0.170. The number of halogens is 2. The number of fused-ring (bicyclic) bond motifs is 1. The van der Waals surface area contributed by atoms with Crippen LogP contribution in [-0.4, -0.2) is 9.78 Å². The van der Waals surface area contributed by atoms with Crippen molar-refractivity contribution in [1.29, 1.82) is 0 Å². The Morgan fingerprint density at radius 1 is 1.19 bits per heavy atom. The van der Waals surface area contributed by atoms with Gasteiger partial charge in [-0.1, -0.05) is 46.3 Å². The number of benzene rings is 2. The van der Waals surface area contributed by atoms with Crippen molar-refractivity contribution in [2.24, 2.45) is 0 Å². The van der Waals surface area contributed by atoms with E-state index >= 15 is 0 Å². The molecule has 1 N–H and O–H groups in total. The third kappa shape index (κ3) is 3.74. The molecular weight excluding hydrogens is 393 g/mol. The highest BCUT2D eigenvalue weighted by Gasteiger charge is 2.24. The van der Waals surface area contributed by atoms with Crippen LogP contribution in [0.1, 0.15) is 41.3 Å². The van der Waals surface area contributed by atoms with E-state index in [1.165, 1.54) is 22.9 Å². The lowest BCUT2D eigenvalue weighted by Gasteiger charge is -2.24. The van der Waals surface area contributed by atoms with Crippen LogP contribution in [0.25, 0.3) is 0 Å². The number of rotatable bonds is 5. The molecule has 0 fully saturated rings. The Kier molecular flexibility index (Phi) is 5.18. The zero-order valence-electron chi connectivity index (χ0n) is 14.5. The molecule has 4 rings (SSSR count). The van der Waals surface area contributed by atoms with E-state index in [0.717, 1.165) is 30.3 Å². The van der Waals surface area contributed by atoms with E-state index in [4.69, 9.17) is 0 Å². The summed E-state index contributed by atoms with van der Waals surface area (Å²) in [4.78, 5) is 0. The number of hydrogen-bond donors (Lipinski definition) is 1. The summed E-state index contributed by atoms with van der Waals surface area (Å²) in [6.45, 7) is 1.31. The first-order chi connectivity index (χ1) is 12.7. The Morgan fingerprint density at radius 2 is 2.04 bits per heavy atom. The molecule has 1 aliphatic rings. The lowest BCUT2D eigenvalue weighted by molar-refractivity contribution is 0.444. The maximum atomic E-state index is 14.0. The summed E-state index contributed by atoms with van der Waals surface area (Å²) in [6, 6.07) is 15.7. The van der Waals surface area contributed by atoms with E-state index in [-0.39, 0.29) is 11.9 Å². The maximum Gasteiger partial charge on any atom is 0.127 e. The van der Waals surface area contributed by atoms with Crippen LogP contribution in [0.15, 0.2) is 59.2 Å². The van der Waals surface area contributed by atoms with Crippen LogP contribution in [0, 0.1) is 5.82 Å². The largest absolute Gasteiger partial charge is 0.306 e. The normalized spacial score (nSPS) is 16.5. The molecule has 26 heavy (non-hydrogen) atoms. The summed E-state index contributed by atoms with van der Waals surface area (Å²) in [5, 5.41) is 8.15. The van der Waals surface area contributed by atoms with Crippen LogP contribution in [0.3, 0.4) is 0 Å². The fraction of sp³-hybridized carbons (Fsp3) is 0.286. The van der Waals surface area contributed by atoms with Gasteiger partial charge in [-0.2, -0.15) is 5.10 Å². The molecule has 0 spiro atoms. The predicted molar refractivity (Wildman–Crippen MR) is 104 cm³/mol. The summed E-state index contributed by atoms with van der Waals surface area (Å²) in [5.41, 5.74) is 4.49. The molecule has 1 atom stereocenters. The molecule has 1 aliphatic carbocycles. The van der Waals surface area contributed by atoms with E-state index in [1.54, 1.807) is 6.07 Å². The summed E-state index contributed by atoms with van der Waals surface area (Å²) >= 11 is 3.42. The minimum Gasteiger partial charge on any atom is -0.306 e. The zero-order valence-corrected chi connectivity index (χ0v) is 16.0. The SMILES string of the molecule is Fc1ccc(Br)cc1CNC1CCCc2c1cnn2Cc1ccccc1. The van der Waals surface area contributed by atoms with E-state index in [2.05, 4.69) is 55.3 Å². The van der Waals surface area contributed by atoms with Crippen LogP contribution in [0.5, 0.6) is 0 Å². The number of aromatic nitrogens is 2. The van der Waals surface area contributed by atoms with Gasteiger partial charge in [-0.05, 0) is 43.0 Å². The smallest absolute Gasteiger partial charge is 0.127 e. The average Bonchev–Trinajstić information content (AvgIpc) is 3.07. The molecule has 0 saturated carbocycles. The third-order valence-corrected chi connectivity index (χ3v) is 5.48. The molecule has 0 radical (unpaired) electrons. The van der Waals surface area contributed by atoms with Gasteiger partial charge in [0.05, 0.1) is 12.7 Å². The summed E-state index contributed by atoms with van der Waals surface area (Å²) in [7, 11) is 0. The molecular formula is C21H21BrFN3. The Labute approximate surface area is 161 Å². The Bertz CT molecular complexity index is 892. The van der Waals surface area contributed by atoms with Gasteiger partial charge in [0.1, 0.15) is 5.82 Å². The number of hydrogen-bond acceptors (Lipinski definition) is 2. The Morgan fingerprint density at radius 3 is 2.88 bits per heavy atom. The molecule has 0 saturated heterocycles. The van der Waals surface area contributed by atoms with Gasteiger partial charge < -0.3 is 5.32 Å². The molecule has 3 nitrogen and oxygen atoms in total. The van der Waals surface area contributed by atoms with Crippen LogP contribution < -0.4 is 5.32 Å². The Balaban J connectivity index is 1.50. The maximum absolute atomic E-state index is 14.0. The van der Waals surface area contributed by atoms with Gasteiger partial charge in [0.15, 0.2) is 0 Å². The van der Waals surface area contributed by atoms with Crippen LogP contribution in [0.4, 0.5) is 4.39 Å². The van der Waals surface area contributed by atoms with Crippen molar-refractivity contribution < 1.29 is 4.39 Å². The first-order valence-electron chi connectivity index (χ1n) is 8.96. The molecule has 3 aromatic rings. The van der Waals surface area contributed by atoms with Gasteiger partial charge in [-0.3, -0.25) is 4.68 Å². The van der Waals surface area contributed by atoms with Crippen LogP contribution in [0.2, 0.25) is 0 Å². The molecule has 1 heterocycles. The second-order valence-electron chi connectivity index (χ2n) is 6.75. The molecule has 5 heteroatoms. The molecule has 2 aromatic carbocycles. The van der Waals surface area contributed by atoms with Gasteiger partial charge in [0.2, 0.25) is 0 Å². The van der Waals surface area contributed by atoms with Gasteiger partial charge in [-0.15, -0.1) is 0 Å². The van der Waals surface area contributed by atoms with E-state index < -0.39 is 0 Å². The predicted octanol–water partition coefficient (Wildman–Crippen LogP) is 5.00. The molecule has 134 valence electrons. The standard InChI is InChI=1S/C21H21BrFN3/c22-17-9-10-19(23)16(11-17)12-24-20-7-4-8-21-18(20)13-25-26(21)14-15-5-2-1-3-6-15/h1-3,5-6,9-11,13,20,24H,4,7-8,12,14H2. The molecule has 0 aliphatic heterocycles. The average molecular weight is 414 g/mol. The van der Waals surface area contributed by atoms with Gasteiger partial charge >= 0.3 is 0 Å². The fourth-order valence-corrected chi connectivity index (χ4v) is 4.04. The summed E-state index contributed by atoms with van der Waals surface area (Å²) in [5.74, 6) is -0.170. The summed E-state index contributed by atoms with van der Waals surface area (Å²) in [6.07, 6.45) is 5.20. The van der Waals surface area contributed by atoms with Crippen LogP contribution in [-0.2, 0) is 19.5 Å². The minimum atomic E-state index is -0.170. The fourth-order valence-electron chi connectivity index (χ4n) is 3.64. The summed E-state index contributed by atoms with van der Waals surface area (Å²) < 4.78 is 17.0. The van der Waals surface area contributed by atoms with Crippen molar-refractivity contribution in [3.8, 4) is 0 Å². The van der Waals surface area contributed by atoms with Crippen molar-refractivity contribution in [3.05, 3.63) is 87.4 Å². The molecule has 0 amide bonds. The molecule has 1 unspecified atom stereocenters. The first kappa shape index (κ1) is 17.4.